The molecule has 27 heavy (non-hydrogen) atoms. The van der Waals surface area contributed by atoms with Gasteiger partial charge in [0, 0.05) is 24.2 Å². The third-order valence-electron chi connectivity index (χ3n) is 6.18. The molecule has 148 valence electrons. The molecule has 1 aromatic rings. The van der Waals surface area contributed by atoms with Gasteiger partial charge in [-0.3, -0.25) is 9.59 Å². The fourth-order valence-electron chi connectivity index (χ4n) is 4.71. The lowest BCUT2D eigenvalue weighted by atomic mass is 9.84. The number of rotatable bonds is 7. The Labute approximate surface area is 162 Å². The Hall–Kier alpha value is -1.88. The highest BCUT2D eigenvalue weighted by Crippen LogP contribution is 2.40. The number of likely N-dealkylation sites (tertiary alicyclic amines) is 1. The third kappa shape index (κ3) is 4.52. The first-order valence-electron chi connectivity index (χ1n) is 10.5. The predicted octanol–water partition coefficient (Wildman–Crippen LogP) is 3.09. The number of unbranched alkanes of at least 4 members (excludes halogenated alkanes) is 1. The number of amides is 2. The van der Waals surface area contributed by atoms with Crippen molar-refractivity contribution in [2.45, 2.75) is 76.4 Å². The lowest BCUT2D eigenvalue weighted by Gasteiger charge is -2.34. The van der Waals surface area contributed by atoms with E-state index in [4.69, 9.17) is 5.73 Å². The third-order valence-corrected chi connectivity index (χ3v) is 6.18. The molecular weight excluding hydrogens is 338 g/mol. The Balaban J connectivity index is 1.78. The summed E-state index contributed by atoms with van der Waals surface area (Å²) in [6.07, 6.45) is 8.25. The fourth-order valence-corrected chi connectivity index (χ4v) is 4.71. The molecule has 2 fully saturated rings. The molecule has 1 aliphatic carbocycles. The first-order valence-corrected chi connectivity index (χ1v) is 10.5. The zero-order valence-electron chi connectivity index (χ0n) is 16.4. The van der Waals surface area contributed by atoms with Crippen molar-refractivity contribution in [3.63, 3.8) is 0 Å². The maximum absolute atomic E-state index is 13.3. The van der Waals surface area contributed by atoms with Crippen molar-refractivity contribution in [3.8, 4) is 0 Å². The van der Waals surface area contributed by atoms with Crippen LogP contribution in [-0.2, 0) is 4.79 Å². The number of carbonyl (C=O) groups excluding carboxylic acids is 2. The summed E-state index contributed by atoms with van der Waals surface area (Å²) < 4.78 is 0. The van der Waals surface area contributed by atoms with Crippen LogP contribution < -0.4 is 11.1 Å². The van der Waals surface area contributed by atoms with Crippen LogP contribution in [-0.4, -0.2) is 41.4 Å². The highest BCUT2D eigenvalue weighted by molar-refractivity contribution is 5.98. The number of hydrogen-bond acceptors (Lipinski definition) is 3. The van der Waals surface area contributed by atoms with E-state index in [1.54, 1.807) is 0 Å². The molecule has 0 aromatic heterocycles. The van der Waals surface area contributed by atoms with E-state index < -0.39 is 0 Å². The summed E-state index contributed by atoms with van der Waals surface area (Å²) in [5, 5.41) is 3.13. The summed E-state index contributed by atoms with van der Waals surface area (Å²) in [6, 6.07) is 9.17. The molecule has 2 amide bonds. The number of hydrogen-bond donors (Lipinski definition) is 2. The number of nitrogens with one attached hydrogen (secondary N) is 1. The van der Waals surface area contributed by atoms with Gasteiger partial charge in [0.1, 0.15) is 6.04 Å². The van der Waals surface area contributed by atoms with Crippen LogP contribution in [0.15, 0.2) is 30.3 Å². The minimum atomic E-state index is -0.374. The predicted molar refractivity (Wildman–Crippen MR) is 107 cm³/mol. The number of fused-ring (bicyclic) bond motifs is 1. The van der Waals surface area contributed by atoms with Crippen LogP contribution in [0.5, 0.6) is 0 Å². The molecule has 0 radical (unpaired) electrons. The molecule has 1 saturated carbocycles. The van der Waals surface area contributed by atoms with E-state index in [2.05, 4.69) is 12.2 Å². The Morgan fingerprint density at radius 1 is 1.22 bits per heavy atom. The van der Waals surface area contributed by atoms with Crippen LogP contribution in [0.25, 0.3) is 0 Å². The zero-order valence-corrected chi connectivity index (χ0v) is 16.4. The average molecular weight is 372 g/mol. The zero-order chi connectivity index (χ0) is 19.2. The first-order chi connectivity index (χ1) is 13.2. The highest BCUT2D eigenvalue weighted by Gasteiger charge is 2.47. The smallest absolute Gasteiger partial charge is 0.254 e. The van der Waals surface area contributed by atoms with E-state index in [1.807, 2.05) is 35.2 Å². The second-order valence-electron chi connectivity index (χ2n) is 8.03. The molecule has 2 aliphatic rings. The first kappa shape index (κ1) is 19.9. The van der Waals surface area contributed by atoms with Gasteiger partial charge in [0.25, 0.3) is 5.91 Å². The molecule has 4 unspecified atom stereocenters. The normalized spacial score (nSPS) is 25.7. The number of nitrogens with zero attached hydrogens (tertiary/aromatic N) is 1. The lowest BCUT2D eigenvalue weighted by Crippen LogP contribution is -2.52. The van der Waals surface area contributed by atoms with Gasteiger partial charge in [0.2, 0.25) is 5.91 Å². The van der Waals surface area contributed by atoms with Gasteiger partial charge in [0.15, 0.2) is 0 Å². The largest absolute Gasteiger partial charge is 0.350 e. The quantitative estimate of drug-likeness (QED) is 0.773. The highest BCUT2D eigenvalue weighted by atomic mass is 16.2. The monoisotopic (exact) mass is 371 g/mol. The maximum Gasteiger partial charge on any atom is 0.254 e. The Bertz CT molecular complexity index is 634. The van der Waals surface area contributed by atoms with Crippen LogP contribution in [0.1, 0.15) is 68.6 Å². The summed E-state index contributed by atoms with van der Waals surface area (Å²) in [6.45, 7) is 2.58. The average Bonchev–Trinajstić information content (AvgIpc) is 3.10. The van der Waals surface area contributed by atoms with E-state index >= 15 is 0 Å². The van der Waals surface area contributed by atoms with Crippen LogP contribution in [0.3, 0.4) is 0 Å². The molecule has 1 aromatic carbocycles. The van der Waals surface area contributed by atoms with Crippen molar-refractivity contribution in [2.75, 3.05) is 6.54 Å². The Morgan fingerprint density at radius 3 is 2.67 bits per heavy atom. The van der Waals surface area contributed by atoms with Crippen molar-refractivity contribution >= 4 is 11.8 Å². The summed E-state index contributed by atoms with van der Waals surface area (Å²) in [4.78, 5) is 28.3. The van der Waals surface area contributed by atoms with Gasteiger partial charge in [-0.1, -0.05) is 50.8 Å². The van der Waals surface area contributed by atoms with E-state index in [0.717, 1.165) is 44.9 Å². The van der Waals surface area contributed by atoms with Crippen molar-refractivity contribution < 1.29 is 9.59 Å². The van der Waals surface area contributed by atoms with Crippen LogP contribution in [0.4, 0.5) is 0 Å². The van der Waals surface area contributed by atoms with Crippen molar-refractivity contribution in [1.82, 2.24) is 10.2 Å². The van der Waals surface area contributed by atoms with Crippen molar-refractivity contribution in [1.29, 1.82) is 0 Å². The van der Waals surface area contributed by atoms with Gasteiger partial charge >= 0.3 is 0 Å². The second kappa shape index (κ2) is 9.36. The molecule has 3 N–H and O–H groups in total. The second-order valence-corrected chi connectivity index (χ2v) is 8.03. The lowest BCUT2D eigenvalue weighted by molar-refractivity contribution is -0.125. The molecule has 0 spiro atoms. The van der Waals surface area contributed by atoms with E-state index in [1.165, 1.54) is 6.42 Å². The van der Waals surface area contributed by atoms with E-state index in [-0.39, 0.29) is 29.9 Å². The minimum absolute atomic E-state index is 0.00578. The molecule has 1 saturated heterocycles. The Morgan fingerprint density at radius 2 is 1.96 bits per heavy atom. The number of benzene rings is 1. The van der Waals surface area contributed by atoms with Gasteiger partial charge < -0.3 is 16.0 Å². The molecule has 0 bridgehead atoms. The molecule has 5 heteroatoms. The Kier molecular flexibility index (Phi) is 6.89. The molecule has 4 atom stereocenters. The number of nitrogens with two attached hydrogens (primary N) is 1. The van der Waals surface area contributed by atoms with Gasteiger partial charge in [-0.15, -0.1) is 0 Å². The SMILES string of the molecule is CCCCC(CN)NC(=O)C1CC2CCCCC2N1C(=O)c1ccccc1. The minimum Gasteiger partial charge on any atom is -0.350 e. The van der Waals surface area contributed by atoms with Crippen LogP contribution in [0, 0.1) is 5.92 Å². The van der Waals surface area contributed by atoms with Gasteiger partial charge in [-0.2, -0.15) is 0 Å². The standard InChI is InChI=1S/C22H33N3O2/c1-2-3-12-18(15-23)24-21(26)20-14-17-11-7-8-13-19(17)25(20)22(27)16-9-5-4-6-10-16/h4-6,9-10,17-20H,2-3,7-8,11-15,23H2,1H3,(H,24,26). The van der Waals surface area contributed by atoms with Gasteiger partial charge in [-0.05, 0) is 43.7 Å². The van der Waals surface area contributed by atoms with Crippen molar-refractivity contribution in [3.05, 3.63) is 35.9 Å². The van der Waals surface area contributed by atoms with Crippen LogP contribution in [0.2, 0.25) is 0 Å². The summed E-state index contributed by atoms with van der Waals surface area (Å²) in [5.74, 6) is 0.400. The van der Waals surface area contributed by atoms with Gasteiger partial charge in [-0.25, -0.2) is 0 Å². The molecule has 3 rings (SSSR count). The topological polar surface area (TPSA) is 75.4 Å². The maximum atomic E-state index is 13.3. The van der Waals surface area contributed by atoms with E-state index in [9.17, 15) is 9.59 Å². The molecule has 1 heterocycles. The van der Waals surface area contributed by atoms with E-state index in [0.29, 0.717) is 18.0 Å². The molecule has 5 nitrogen and oxygen atoms in total. The molecule has 1 aliphatic heterocycles. The summed E-state index contributed by atoms with van der Waals surface area (Å²) >= 11 is 0. The van der Waals surface area contributed by atoms with Crippen molar-refractivity contribution in [2.24, 2.45) is 11.7 Å². The summed E-state index contributed by atoms with van der Waals surface area (Å²) in [7, 11) is 0. The molecular formula is C22H33N3O2. The van der Waals surface area contributed by atoms with Gasteiger partial charge in [0.05, 0.1) is 0 Å². The van der Waals surface area contributed by atoms with Crippen LogP contribution >= 0.6 is 0 Å². The summed E-state index contributed by atoms with van der Waals surface area (Å²) in [5.41, 5.74) is 6.54. The fraction of sp³-hybridized carbons (Fsp3) is 0.636. The number of carbonyl (C=O) groups is 2.